The van der Waals surface area contributed by atoms with E-state index in [0.29, 0.717) is 12.3 Å². The molecule has 0 unspecified atom stereocenters. The lowest BCUT2D eigenvalue weighted by molar-refractivity contribution is -0.384. The van der Waals surface area contributed by atoms with E-state index >= 15 is 0 Å². The van der Waals surface area contributed by atoms with Crippen molar-refractivity contribution in [1.82, 2.24) is 4.90 Å². The zero-order chi connectivity index (χ0) is 17.0. The van der Waals surface area contributed by atoms with E-state index in [1.807, 2.05) is 6.92 Å². The molecule has 0 saturated heterocycles. The number of non-ortho nitro benzene ring substituents is 1. The number of hydrogen-bond acceptors (Lipinski definition) is 5. The minimum absolute atomic E-state index is 0.154. The van der Waals surface area contributed by atoms with E-state index in [9.17, 15) is 19.7 Å². The number of anilines is 1. The number of nitro benzene ring substituents is 1. The van der Waals surface area contributed by atoms with Crippen LogP contribution in [0.25, 0.3) is 0 Å². The van der Waals surface area contributed by atoms with Gasteiger partial charge in [0.05, 0.1) is 10.6 Å². The number of amides is 2. The van der Waals surface area contributed by atoms with E-state index in [-0.39, 0.29) is 30.4 Å². The van der Waals surface area contributed by atoms with Gasteiger partial charge in [0.15, 0.2) is 6.61 Å². The summed E-state index contributed by atoms with van der Waals surface area (Å²) < 4.78 is 5.27. The number of nitrogens with zero attached hydrogens (tertiary/aromatic N) is 3. The molecule has 0 spiro atoms. The van der Waals surface area contributed by atoms with Crippen molar-refractivity contribution >= 4 is 23.2 Å². The van der Waals surface area contributed by atoms with E-state index in [1.54, 1.807) is 11.9 Å². The van der Waals surface area contributed by atoms with Gasteiger partial charge < -0.3 is 9.64 Å². The highest BCUT2D eigenvalue weighted by atomic mass is 16.6. The highest BCUT2D eigenvalue weighted by molar-refractivity contribution is 6.02. The number of ether oxygens (including phenoxy) is 1. The Hall–Kier alpha value is -2.64. The predicted molar refractivity (Wildman–Crippen MR) is 83.5 cm³/mol. The molecule has 0 bridgehead atoms. The molecular formula is C15H19N3O5. The Morgan fingerprint density at radius 2 is 2.22 bits per heavy atom. The SMILES string of the molecule is CCCCN(C)C(=O)CN1C(=O)COc2ccc([N+](=O)[O-])cc21. The molecule has 0 radical (unpaired) electrons. The van der Waals surface area contributed by atoms with E-state index < -0.39 is 10.8 Å². The first kappa shape index (κ1) is 16.7. The summed E-state index contributed by atoms with van der Waals surface area (Å²) in [5, 5.41) is 10.9. The largest absolute Gasteiger partial charge is 0.482 e. The summed E-state index contributed by atoms with van der Waals surface area (Å²) in [6, 6.07) is 4.01. The van der Waals surface area contributed by atoms with Gasteiger partial charge in [0.25, 0.3) is 11.6 Å². The second kappa shape index (κ2) is 7.08. The Balaban J connectivity index is 2.22. The first-order valence-electron chi connectivity index (χ1n) is 7.39. The minimum Gasteiger partial charge on any atom is -0.482 e. The molecule has 2 amide bonds. The molecule has 2 rings (SSSR count). The third-order valence-electron chi connectivity index (χ3n) is 3.66. The molecule has 1 heterocycles. The van der Waals surface area contributed by atoms with Crippen LogP contribution in [0.2, 0.25) is 0 Å². The van der Waals surface area contributed by atoms with Gasteiger partial charge in [-0.05, 0) is 12.5 Å². The number of carbonyl (C=O) groups excluding carboxylic acids is 2. The number of unbranched alkanes of at least 4 members (excludes halogenated alkanes) is 1. The monoisotopic (exact) mass is 321 g/mol. The molecule has 1 aliphatic heterocycles. The number of fused-ring (bicyclic) bond motifs is 1. The van der Waals surface area contributed by atoms with Crippen LogP contribution in [0.1, 0.15) is 19.8 Å². The topological polar surface area (TPSA) is 93.0 Å². The Morgan fingerprint density at radius 1 is 1.48 bits per heavy atom. The Kier molecular flexibility index (Phi) is 5.15. The molecule has 0 saturated carbocycles. The summed E-state index contributed by atoms with van der Waals surface area (Å²) in [4.78, 5) is 37.5. The van der Waals surface area contributed by atoms with Crippen LogP contribution < -0.4 is 9.64 Å². The van der Waals surface area contributed by atoms with Crippen molar-refractivity contribution in [2.75, 3.05) is 31.6 Å². The van der Waals surface area contributed by atoms with E-state index in [4.69, 9.17) is 4.74 Å². The van der Waals surface area contributed by atoms with Crippen molar-refractivity contribution < 1.29 is 19.2 Å². The molecule has 23 heavy (non-hydrogen) atoms. The Bertz CT molecular complexity index is 632. The molecule has 1 aromatic carbocycles. The molecule has 124 valence electrons. The van der Waals surface area contributed by atoms with Gasteiger partial charge in [-0.1, -0.05) is 13.3 Å². The molecule has 1 aliphatic rings. The lowest BCUT2D eigenvalue weighted by Crippen LogP contribution is -2.45. The van der Waals surface area contributed by atoms with Crippen molar-refractivity contribution in [1.29, 1.82) is 0 Å². The quantitative estimate of drug-likeness (QED) is 0.586. The fraction of sp³-hybridized carbons (Fsp3) is 0.467. The van der Waals surface area contributed by atoms with Crippen LogP contribution in [0.5, 0.6) is 5.75 Å². The lowest BCUT2D eigenvalue weighted by Gasteiger charge is -2.30. The second-order valence-electron chi connectivity index (χ2n) is 5.35. The zero-order valence-electron chi connectivity index (χ0n) is 13.2. The van der Waals surface area contributed by atoms with Crippen LogP contribution in [0.15, 0.2) is 18.2 Å². The van der Waals surface area contributed by atoms with E-state index in [0.717, 1.165) is 12.8 Å². The smallest absolute Gasteiger partial charge is 0.271 e. The normalized spacial score (nSPS) is 13.3. The van der Waals surface area contributed by atoms with E-state index in [2.05, 4.69) is 0 Å². The number of carbonyl (C=O) groups is 2. The van der Waals surface area contributed by atoms with Crippen LogP contribution in [0, 0.1) is 10.1 Å². The van der Waals surface area contributed by atoms with Crippen molar-refractivity contribution in [3.05, 3.63) is 28.3 Å². The molecule has 1 aromatic rings. The van der Waals surface area contributed by atoms with Crippen molar-refractivity contribution in [2.45, 2.75) is 19.8 Å². The average Bonchev–Trinajstić information content (AvgIpc) is 2.54. The lowest BCUT2D eigenvalue weighted by atomic mass is 10.2. The van der Waals surface area contributed by atoms with Gasteiger partial charge in [0.2, 0.25) is 5.91 Å². The molecule has 0 N–H and O–H groups in total. The Morgan fingerprint density at radius 3 is 2.87 bits per heavy atom. The number of benzene rings is 1. The summed E-state index contributed by atoms with van der Waals surface area (Å²) in [6.07, 6.45) is 1.84. The minimum atomic E-state index is -0.549. The summed E-state index contributed by atoms with van der Waals surface area (Å²) in [7, 11) is 1.68. The van der Waals surface area contributed by atoms with Crippen LogP contribution in [-0.2, 0) is 9.59 Å². The zero-order valence-corrected chi connectivity index (χ0v) is 13.2. The van der Waals surface area contributed by atoms with Crippen LogP contribution in [0.3, 0.4) is 0 Å². The highest BCUT2D eigenvalue weighted by Gasteiger charge is 2.29. The van der Waals surface area contributed by atoms with Gasteiger partial charge in [-0.15, -0.1) is 0 Å². The summed E-state index contributed by atoms with van der Waals surface area (Å²) in [6.45, 7) is 2.29. The van der Waals surface area contributed by atoms with Gasteiger partial charge in [-0.3, -0.25) is 24.6 Å². The fourth-order valence-corrected chi connectivity index (χ4v) is 2.25. The number of rotatable bonds is 6. The standard InChI is InChI=1S/C15H19N3O5/c1-3-4-7-16(2)14(19)9-17-12-8-11(18(21)22)5-6-13(12)23-10-15(17)20/h5-6,8H,3-4,7,9-10H2,1-2H3. The molecule has 0 fully saturated rings. The number of likely N-dealkylation sites (N-methyl/N-ethyl adjacent to an activating group) is 1. The summed E-state index contributed by atoms with van der Waals surface area (Å²) in [5.41, 5.74) is 0.103. The molecule has 0 atom stereocenters. The summed E-state index contributed by atoms with van der Waals surface area (Å²) in [5.74, 6) is -0.249. The summed E-state index contributed by atoms with van der Waals surface area (Å²) >= 11 is 0. The molecule has 0 aromatic heterocycles. The third kappa shape index (κ3) is 3.77. The molecule has 8 heteroatoms. The molecule has 0 aliphatic carbocycles. The fourth-order valence-electron chi connectivity index (χ4n) is 2.25. The van der Waals surface area contributed by atoms with Gasteiger partial charge in [0, 0.05) is 25.7 Å². The van der Waals surface area contributed by atoms with Crippen LogP contribution in [0.4, 0.5) is 11.4 Å². The molecular weight excluding hydrogens is 302 g/mol. The maximum atomic E-state index is 12.2. The van der Waals surface area contributed by atoms with Gasteiger partial charge in [0.1, 0.15) is 12.3 Å². The van der Waals surface area contributed by atoms with Gasteiger partial charge >= 0.3 is 0 Å². The first-order chi connectivity index (χ1) is 10.9. The van der Waals surface area contributed by atoms with Crippen molar-refractivity contribution in [2.24, 2.45) is 0 Å². The van der Waals surface area contributed by atoms with Crippen LogP contribution in [-0.4, -0.2) is 48.4 Å². The van der Waals surface area contributed by atoms with Crippen LogP contribution >= 0.6 is 0 Å². The van der Waals surface area contributed by atoms with Crippen molar-refractivity contribution in [3.63, 3.8) is 0 Å². The van der Waals surface area contributed by atoms with Crippen molar-refractivity contribution in [3.8, 4) is 5.75 Å². The third-order valence-corrected chi connectivity index (χ3v) is 3.66. The maximum Gasteiger partial charge on any atom is 0.271 e. The predicted octanol–water partition coefficient (Wildman–Crippen LogP) is 1.58. The van der Waals surface area contributed by atoms with Gasteiger partial charge in [-0.2, -0.15) is 0 Å². The number of nitro groups is 1. The Labute approximate surface area is 133 Å². The first-order valence-corrected chi connectivity index (χ1v) is 7.39. The van der Waals surface area contributed by atoms with Gasteiger partial charge in [-0.25, -0.2) is 0 Å². The number of hydrogen-bond donors (Lipinski definition) is 0. The average molecular weight is 321 g/mol. The second-order valence-corrected chi connectivity index (χ2v) is 5.35. The highest BCUT2D eigenvalue weighted by Crippen LogP contribution is 2.35. The maximum absolute atomic E-state index is 12.2. The molecule has 8 nitrogen and oxygen atoms in total. The van der Waals surface area contributed by atoms with E-state index in [1.165, 1.54) is 23.1 Å².